The van der Waals surface area contributed by atoms with Crippen LogP contribution in [-0.2, 0) is 5.41 Å². The van der Waals surface area contributed by atoms with Crippen LogP contribution < -0.4 is 15.4 Å². The number of aryl methyl sites for hydroxylation is 1. The van der Waals surface area contributed by atoms with Gasteiger partial charge in [0.25, 0.3) is 5.91 Å². The van der Waals surface area contributed by atoms with Gasteiger partial charge in [-0.3, -0.25) is 4.79 Å². The van der Waals surface area contributed by atoms with Gasteiger partial charge in [-0.05, 0) is 41.7 Å². The number of aromatic nitrogens is 2. The third kappa shape index (κ3) is 4.90. The molecule has 150 valence electrons. The van der Waals surface area contributed by atoms with Crippen molar-refractivity contribution in [3.8, 4) is 5.75 Å². The van der Waals surface area contributed by atoms with Gasteiger partial charge in [0.1, 0.15) is 5.75 Å². The number of rotatable bonds is 5. The maximum Gasteiger partial charge on any atom is 0.258 e. The van der Waals surface area contributed by atoms with E-state index in [2.05, 4.69) is 47.4 Å². The third-order valence-corrected chi connectivity index (χ3v) is 4.50. The summed E-state index contributed by atoms with van der Waals surface area (Å²) in [7, 11) is 1.57. The summed E-state index contributed by atoms with van der Waals surface area (Å²) in [6, 6.07) is 13.7. The maximum atomic E-state index is 12.6. The SMILES string of the molecule is COc1ccc(C)cc1NC(=O)c1cnc(Nc2ccccc2C(C)(C)C)nc1. The molecule has 2 N–H and O–H groups in total. The molecule has 6 heteroatoms. The van der Waals surface area contributed by atoms with E-state index in [0.29, 0.717) is 22.9 Å². The van der Waals surface area contributed by atoms with E-state index in [0.717, 1.165) is 16.8 Å². The van der Waals surface area contributed by atoms with Crippen molar-refractivity contribution in [2.45, 2.75) is 33.1 Å². The number of nitrogens with one attached hydrogen (secondary N) is 2. The van der Waals surface area contributed by atoms with E-state index in [1.54, 1.807) is 7.11 Å². The highest BCUT2D eigenvalue weighted by Gasteiger charge is 2.18. The summed E-state index contributed by atoms with van der Waals surface area (Å²) in [6.45, 7) is 8.41. The fourth-order valence-electron chi connectivity index (χ4n) is 2.99. The number of ether oxygens (including phenoxy) is 1. The smallest absolute Gasteiger partial charge is 0.258 e. The Kier molecular flexibility index (Phi) is 5.82. The standard InChI is InChI=1S/C23H26N4O2/c1-15-10-11-20(29-5)19(12-15)26-21(28)16-13-24-22(25-14-16)27-18-9-7-6-8-17(18)23(2,3)4/h6-14H,1-5H3,(H,26,28)(H,24,25,27). The highest BCUT2D eigenvalue weighted by Crippen LogP contribution is 2.30. The van der Waals surface area contributed by atoms with Crippen molar-refractivity contribution >= 4 is 23.2 Å². The van der Waals surface area contributed by atoms with Crippen LogP contribution >= 0.6 is 0 Å². The second-order valence-electron chi connectivity index (χ2n) is 7.87. The molecule has 0 unspecified atom stereocenters. The van der Waals surface area contributed by atoms with Gasteiger partial charge in [-0.15, -0.1) is 0 Å². The van der Waals surface area contributed by atoms with E-state index in [1.165, 1.54) is 12.4 Å². The zero-order valence-electron chi connectivity index (χ0n) is 17.4. The van der Waals surface area contributed by atoms with Crippen LogP contribution in [0.2, 0.25) is 0 Å². The lowest BCUT2D eigenvalue weighted by molar-refractivity contribution is 0.102. The highest BCUT2D eigenvalue weighted by molar-refractivity contribution is 6.04. The van der Waals surface area contributed by atoms with Crippen LogP contribution in [0.5, 0.6) is 5.75 Å². The predicted molar refractivity (Wildman–Crippen MR) is 116 cm³/mol. The van der Waals surface area contributed by atoms with Crippen LogP contribution in [-0.4, -0.2) is 23.0 Å². The van der Waals surface area contributed by atoms with Crippen molar-refractivity contribution in [1.29, 1.82) is 0 Å². The number of carbonyl (C=O) groups excluding carboxylic acids is 1. The number of para-hydroxylation sites is 1. The predicted octanol–water partition coefficient (Wildman–Crippen LogP) is 5.09. The molecule has 2 aromatic carbocycles. The maximum absolute atomic E-state index is 12.6. The molecule has 0 aliphatic rings. The Hall–Kier alpha value is -3.41. The summed E-state index contributed by atoms with van der Waals surface area (Å²) >= 11 is 0. The summed E-state index contributed by atoms with van der Waals surface area (Å²) in [6.07, 6.45) is 3.01. The van der Waals surface area contributed by atoms with E-state index in [-0.39, 0.29) is 11.3 Å². The molecular weight excluding hydrogens is 364 g/mol. The molecule has 6 nitrogen and oxygen atoms in total. The monoisotopic (exact) mass is 390 g/mol. The van der Waals surface area contributed by atoms with Crippen molar-refractivity contribution < 1.29 is 9.53 Å². The average Bonchev–Trinajstić information content (AvgIpc) is 2.68. The number of hydrogen-bond donors (Lipinski definition) is 2. The zero-order chi connectivity index (χ0) is 21.0. The van der Waals surface area contributed by atoms with Crippen molar-refractivity contribution in [2.75, 3.05) is 17.7 Å². The largest absolute Gasteiger partial charge is 0.495 e. The second kappa shape index (κ2) is 8.31. The van der Waals surface area contributed by atoms with Crippen LogP contribution in [0.25, 0.3) is 0 Å². The van der Waals surface area contributed by atoms with Gasteiger partial charge in [0.05, 0.1) is 18.4 Å². The normalized spacial score (nSPS) is 11.1. The topological polar surface area (TPSA) is 76.1 Å². The lowest BCUT2D eigenvalue weighted by Crippen LogP contribution is -2.15. The summed E-state index contributed by atoms with van der Waals surface area (Å²) in [4.78, 5) is 21.2. The summed E-state index contributed by atoms with van der Waals surface area (Å²) in [5.41, 5.74) is 4.09. The molecule has 0 atom stereocenters. The molecule has 3 rings (SSSR count). The zero-order valence-corrected chi connectivity index (χ0v) is 17.4. The average molecular weight is 390 g/mol. The molecule has 3 aromatic rings. The van der Waals surface area contributed by atoms with E-state index in [4.69, 9.17) is 4.74 Å². The number of nitrogens with zero attached hydrogens (tertiary/aromatic N) is 2. The Balaban J connectivity index is 1.76. The quantitative estimate of drug-likeness (QED) is 0.635. The molecule has 0 fully saturated rings. The van der Waals surface area contributed by atoms with Gasteiger partial charge < -0.3 is 15.4 Å². The van der Waals surface area contributed by atoms with Crippen molar-refractivity contribution in [1.82, 2.24) is 9.97 Å². The Bertz CT molecular complexity index is 1010. The molecule has 29 heavy (non-hydrogen) atoms. The first kappa shape index (κ1) is 20.3. The Labute approximate surface area is 171 Å². The van der Waals surface area contributed by atoms with Crippen molar-refractivity contribution in [3.05, 3.63) is 71.5 Å². The minimum atomic E-state index is -0.296. The Morgan fingerprint density at radius 1 is 1.00 bits per heavy atom. The minimum absolute atomic E-state index is 0.0176. The summed E-state index contributed by atoms with van der Waals surface area (Å²) in [5.74, 6) is 0.740. The third-order valence-electron chi connectivity index (χ3n) is 4.50. The van der Waals surface area contributed by atoms with Crippen LogP contribution in [0.3, 0.4) is 0 Å². The molecule has 0 saturated carbocycles. The lowest BCUT2D eigenvalue weighted by atomic mass is 9.86. The molecule has 0 aliphatic heterocycles. The summed E-state index contributed by atoms with van der Waals surface area (Å²) in [5, 5.41) is 6.10. The van der Waals surface area contributed by atoms with Gasteiger partial charge in [-0.25, -0.2) is 9.97 Å². The molecule has 0 spiro atoms. The van der Waals surface area contributed by atoms with Gasteiger partial charge >= 0.3 is 0 Å². The van der Waals surface area contributed by atoms with E-state index < -0.39 is 0 Å². The molecule has 0 radical (unpaired) electrons. The number of carbonyl (C=O) groups is 1. The van der Waals surface area contributed by atoms with Crippen LogP contribution in [0.15, 0.2) is 54.9 Å². The van der Waals surface area contributed by atoms with E-state index >= 15 is 0 Å². The van der Waals surface area contributed by atoms with E-state index in [9.17, 15) is 4.79 Å². The van der Waals surface area contributed by atoms with Gasteiger partial charge in [0.2, 0.25) is 5.95 Å². The number of benzene rings is 2. The molecule has 0 aliphatic carbocycles. The fourth-order valence-corrected chi connectivity index (χ4v) is 2.99. The van der Waals surface area contributed by atoms with Gasteiger partial charge in [0.15, 0.2) is 0 Å². The van der Waals surface area contributed by atoms with Crippen LogP contribution in [0, 0.1) is 6.92 Å². The van der Waals surface area contributed by atoms with Crippen molar-refractivity contribution in [3.63, 3.8) is 0 Å². The van der Waals surface area contributed by atoms with Crippen LogP contribution in [0.1, 0.15) is 42.3 Å². The van der Waals surface area contributed by atoms with E-state index in [1.807, 2.05) is 43.3 Å². The molecule has 0 saturated heterocycles. The highest BCUT2D eigenvalue weighted by atomic mass is 16.5. The molecule has 0 bridgehead atoms. The number of methoxy groups -OCH3 is 1. The van der Waals surface area contributed by atoms with Crippen LogP contribution in [0.4, 0.5) is 17.3 Å². The molecular formula is C23H26N4O2. The lowest BCUT2D eigenvalue weighted by Gasteiger charge is -2.22. The summed E-state index contributed by atoms with van der Waals surface area (Å²) < 4.78 is 5.31. The first-order chi connectivity index (χ1) is 13.8. The second-order valence-corrected chi connectivity index (χ2v) is 7.87. The van der Waals surface area contributed by atoms with Gasteiger partial charge in [0, 0.05) is 18.1 Å². The fraction of sp³-hybridized carbons (Fsp3) is 0.261. The first-order valence-electron chi connectivity index (χ1n) is 9.42. The number of anilines is 3. The molecule has 1 amide bonds. The number of amides is 1. The molecule has 1 aromatic heterocycles. The molecule has 1 heterocycles. The van der Waals surface area contributed by atoms with Gasteiger partial charge in [-0.1, -0.05) is 45.0 Å². The Morgan fingerprint density at radius 3 is 2.34 bits per heavy atom. The minimum Gasteiger partial charge on any atom is -0.495 e. The van der Waals surface area contributed by atoms with Crippen molar-refractivity contribution in [2.24, 2.45) is 0 Å². The van der Waals surface area contributed by atoms with Gasteiger partial charge in [-0.2, -0.15) is 0 Å². The first-order valence-corrected chi connectivity index (χ1v) is 9.42. The Morgan fingerprint density at radius 2 is 1.69 bits per heavy atom. The number of hydrogen-bond acceptors (Lipinski definition) is 5.